The molecule has 0 radical (unpaired) electrons. The van der Waals surface area contributed by atoms with Crippen molar-refractivity contribution in [2.24, 2.45) is 4.99 Å². The van der Waals surface area contributed by atoms with Crippen LogP contribution in [0, 0.1) is 0 Å². The smallest absolute Gasteiger partial charge is 0.183 e. The number of aliphatic hydroxyl groups is 1. The molecule has 6 nitrogen and oxygen atoms in total. The Balaban J connectivity index is 2.09. The minimum absolute atomic E-state index is 0.0929. The number of aromatic nitrogens is 1. The van der Waals surface area contributed by atoms with Crippen LogP contribution in [0.4, 0.5) is 5.69 Å². The number of fused-ring (bicyclic) bond motifs is 1. The number of nitrogens with zero attached hydrogens (tertiary/aromatic N) is 2. The Morgan fingerprint density at radius 3 is 2.62 bits per heavy atom. The van der Waals surface area contributed by atoms with Gasteiger partial charge in [0.05, 0.1) is 34.0 Å². The Hall–Kier alpha value is -2.25. The topological polar surface area (TPSA) is 91.6 Å². The maximum absolute atomic E-state index is 12.8. The molecule has 1 aromatic carbocycles. The molecule has 3 rings (SSSR count). The average Bonchev–Trinajstić information content (AvgIpc) is 2.93. The number of amidine groups is 1. The zero-order valence-electron chi connectivity index (χ0n) is 15.4. The van der Waals surface area contributed by atoms with Gasteiger partial charge in [-0.3, -0.25) is 9.98 Å². The van der Waals surface area contributed by atoms with Gasteiger partial charge >= 0.3 is 0 Å². The van der Waals surface area contributed by atoms with Crippen molar-refractivity contribution >= 4 is 32.3 Å². The zero-order valence-corrected chi connectivity index (χ0v) is 16.2. The predicted molar refractivity (Wildman–Crippen MR) is 104 cm³/mol. The number of anilines is 1. The van der Waals surface area contributed by atoms with E-state index in [2.05, 4.69) is 15.3 Å². The van der Waals surface area contributed by atoms with Crippen LogP contribution < -0.4 is 5.32 Å². The van der Waals surface area contributed by atoms with Crippen molar-refractivity contribution in [3.05, 3.63) is 41.6 Å². The van der Waals surface area contributed by atoms with Crippen molar-refractivity contribution in [2.45, 2.75) is 37.3 Å². The molecule has 0 aliphatic carbocycles. The maximum atomic E-state index is 12.8. The lowest BCUT2D eigenvalue weighted by Gasteiger charge is -2.20. The fourth-order valence-electron chi connectivity index (χ4n) is 2.80. The molecule has 2 aromatic rings. The molecule has 7 heteroatoms. The second-order valence-electron chi connectivity index (χ2n) is 7.36. The Labute approximate surface area is 153 Å². The van der Waals surface area contributed by atoms with Gasteiger partial charge in [0.2, 0.25) is 0 Å². The van der Waals surface area contributed by atoms with Gasteiger partial charge in [0, 0.05) is 17.2 Å². The molecule has 0 fully saturated rings. The van der Waals surface area contributed by atoms with E-state index < -0.39 is 14.6 Å². The molecule has 2 N–H and O–H groups in total. The molecular weight excluding hydrogens is 350 g/mol. The minimum atomic E-state index is -3.47. The van der Waals surface area contributed by atoms with Crippen LogP contribution in [-0.4, -0.2) is 42.2 Å². The summed E-state index contributed by atoms with van der Waals surface area (Å²) >= 11 is 0. The molecule has 1 aliphatic heterocycles. The quantitative estimate of drug-likeness (QED) is 0.863. The zero-order chi connectivity index (χ0) is 19.1. The summed E-state index contributed by atoms with van der Waals surface area (Å²) in [7, 11) is -3.47. The van der Waals surface area contributed by atoms with Gasteiger partial charge < -0.3 is 10.4 Å². The first-order valence-corrected chi connectivity index (χ1v) is 9.88. The molecule has 0 bridgehead atoms. The molecule has 0 saturated carbocycles. The first-order valence-electron chi connectivity index (χ1n) is 8.40. The van der Waals surface area contributed by atoms with Crippen molar-refractivity contribution in [2.75, 3.05) is 18.5 Å². The number of benzene rings is 1. The molecule has 26 heavy (non-hydrogen) atoms. The van der Waals surface area contributed by atoms with E-state index in [1.165, 1.54) is 0 Å². The van der Waals surface area contributed by atoms with E-state index in [-0.39, 0.29) is 11.5 Å². The third-order valence-electron chi connectivity index (χ3n) is 4.52. The number of aliphatic hydroxyl groups excluding tert-OH is 1. The minimum Gasteiger partial charge on any atom is -0.392 e. The second-order valence-corrected chi connectivity index (χ2v) is 10.1. The highest BCUT2D eigenvalue weighted by Crippen LogP contribution is 2.30. The van der Waals surface area contributed by atoms with Crippen LogP contribution in [0.3, 0.4) is 0 Å². The Morgan fingerprint density at radius 1 is 1.23 bits per heavy atom. The number of aliphatic imine (C=N–C) groups is 1. The summed E-state index contributed by atoms with van der Waals surface area (Å²) in [5.41, 5.74) is 3.19. The Kier molecular flexibility index (Phi) is 4.62. The van der Waals surface area contributed by atoms with E-state index in [4.69, 9.17) is 0 Å². The fraction of sp³-hybridized carbons (Fsp3) is 0.368. The lowest BCUT2D eigenvalue weighted by Crippen LogP contribution is -2.27. The van der Waals surface area contributed by atoms with Crippen molar-refractivity contribution in [1.29, 1.82) is 0 Å². The van der Waals surface area contributed by atoms with Crippen LogP contribution in [0.25, 0.3) is 10.9 Å². The van der Waals surface area contributed by atoms with Crippen molar-refractivity contribution in [3.8, 4) is 0 Å². The molecule has 138 valence electrons. The fourth-order valence-corrected chi connectivity index (χ4v) is 4.03. The van der Waals surface area contributed by atoms with Crippen LogP contribution in [-0.2, 0) is 9.84 Å². The van der Waals surface area contributed by atoms with Crippen molar-refractivity contribution in [1.82, 2.24) is 4.98 Å². The molecule has 1 aliphatic rings. The summed E-state index contributed by atoms with van der Waals surface area (Å²) in [6, 6.07) is 6.73. The van der Waals surface area contributed by atoms with Gasteiger partial charge in [-0.25, -0.2) is 8.42 Å². The molecule has 2 heterocycles. The monoisotopic (exact) mass is 373 g/mol. The standard InChI is InChI=1S/C19H23N3O3S/c1-12-10-21-18(15(12)11-23)22-17-7-8-20-16-6-5-13(9-14(16)17)26(24,25)19(2,3)4/h5-9,23H,10-11H2,1-4H3,(H,20,21,22). The van der Waals surface area contributed by atoms with Gasteiger partial charge in [0.1, 0.15) is 5.84 Å². The molecule has 1 aromatic heterocycles. The lowest BCUT2D eigenvalue weighted by molar-refractivity contribution is 0.336. The van der Waals surface area contributed by atoms with Gasteiger partial charge in [0.25, 0.3) is 0 Å². The highest BCUT2D eigenvalue weighted by molar-refractivity contribution is 7.92. The average molecular weight is 373 g/mol. The van der Waals surface area contributed by atoms with E-state index in [9.17, 15) is 13.5 Å². The third-order valence-corrected chi connectivity index (χ3v) is 7.00. The number of rotatable bonds is 3. The van der Waals surface area contributed by atoms with Gasteiger partial charge in [-0.1, -0.05) is 0 Å². The van der Waals surface area contributed by atoms with Crippen LogP contribution in [0.15, 0.2) is 51.5 Å². The van der Waals surface area contributed by atoms with Crippen molar-refractivity contribution in [3.63, 3.8) is 0 Å². The third kappa shape index (κ3) is 3.12. The number of pyridine rings is 1. The molecule has 0 spiro atoms. The lowest BCUT2D eigenvalue weighted by atomic mass is 10.1. The van der Waals surface area contributed by atoms with Gasteiger partial charge in [0.15, 0.2) is 9.84 Å². The number of hydrogen-bond acceptors (Lipinski definition) is 6. The SMILES string of the molecule is CC1=C(CO)C(Nc2ccnc3ccc(S(=O)(=O)C(C)(C)C)cc23)=NC1. The molecular formula is C19H23N3O3S. The highest BCUT2D eigenvalue weighted by Gasteiger charge is 2.31. The van der Waals surface area contributed by atoms with Crippen LogP contribution in [0.2, 0.25) is 0 Å². The van der Waals surface area contributed by atoms with Gasteiger partial charge in [-0.05, 0) is 57.5 Å². The van der Waals surface area contributed by atoms with E-state index in [1.807, 2.05) is 6.92 Å². The maximum Gasteiger partial charge on any atom is 0.183 e. The van der Waals surface area contributed by atoms with Gasteiger partial charge in [-0.2, -0.15) is 0 Å². The predicted octanol–water partition coefficient (Wildman–Crippen LogP) is 2.94. The van der Waals surface area contributed by atoms with Crippen LogP contribution in [0.1, 0.15) is 27.7 Å². The van der Waals surface area contributed by atoms with E-state index in [1.54, 1.807) is 51.2 Å². The first kappa shape index (κ1) is 18.5. The van der Waals surface area contributed by atoms with E-state index in [0.29, 0.717) is 29.0 Å². The summed E-state index contributed by atoms with van der Waals surface area (Å²) in [5, 5.41) is 13.5. The normalized spacial score (nSPS) is 15.5. The number of hydrogen-bond donors (Lipinski definition) is 2. The summed E-state index contributed by atoms with van der Waals surface area (Å²) in [6.07, 6.45) is 1.66. The van der Waals surface area contributed by atoms with Crippen LogP contribution in [0.5, 0.6) is 0 Å². The molecule has 0 unspecified atom stereocenters. The molecule has 0 amide bonds. The highest BCUT2D eigenvalue weighted by atomic mass is 32.2. The van der Waals surface area contributed by atoms with Gasteiger partial charge in [-0.15, -0.1) is 0 Å². The Morgan fingerprint density at radius 2 is 1.96 bits per heavy atom. The summed E-state index contributed by atoms with van der Waals surface area (Å²) in [5.74, 6) is 0.613. The molecule has 0 atom stereocenters. The number of sulfone groups is 1. The Bertz CT molecular complexity index is 1030. The summed E-state index contributed by atoms with van der Waals surface area (Å²) in [6.45, 7) is 7.44. The summed E-state index contributed by atoms with van der Waals surface area (Å²) in [4.78, 5) is 8.99. The van der Waals surface area contributed by atoms with E-state index >= 15 is 0 Å². The number of nitrogens with one attached hydrogen (secondary N) is 1. The van der Waals surface area contributed by atoms with Crippen LogP contribution >= 0.6 is 0 Å². The largest absolute Gasteiger partial charge is 0.392 e. The summed E-state index contributed by atoms with van der Waals surface area (Å²) < 4.78 is 24.7. The first-order chi connectivity index (χ1) is 12.1. The van der Waals surface area contributed by atoms with E-state index in [0.717, 1.165) is 11.1 Å². The second kappa shape index (κ2) is 6.48. The molecule has 0 saturated heterocycles. The van der Waals surface area contributed by atoms with Crippen molar-refractivity contribution < 1.29 is 13.5 Å².